The molecular weight excluding hydrogens is 192 g/mol. The van der Waals surface area contributed by atoms with E-state index in [0.29, 0.717) is 12.4 Å². The minimum absolute atomic E-state index is 0.0104. The molecule has 3 nitrogen and oxygen atoms in total. The lowest BCUT2D eigenvalue weighted by atomic mass is 10.0. The molecule has 1 aromatic rings. The predicted octanol–water partition coefficient (Wildman–Crippen LogP) is 2.33. The van der Waals surface area contributed by atoms with Gasteiger partial charge in [0.2, 0.25) is 0 Å². The summed E-state index contributed by atoms with van der Waals surface area (Å²) in [5.41, 5.74) is 2.95. The van der Waals surface area contributed by atoms with Crippen molar-refractivity contribution in [3.05, 3.63) is 28.8 Å². The second-order valence-corrected chi connectivity index (χ2v) is 3.55. The van der Waals surface area contributed by atoms with Crippen LogP contribution in [0.15, 0.2) is 12.1 Å². The lowest BCUT2D eigenvalue weighted by molar-refractivity contribution is -0.136. The normalized spacial score (nSPS) is 10.1. The fourth-order valence-corrected chi connectivity index (χ4v) is 1.44. The van der Waals surface area contributed by atoms with Gasteiger partial charge in [0.1, 0.15) is 5.75 Å². The molecule has 0 aliphatic rings. The first-order valence-corrected chi connectivity index (χ1v) is 4.99. The van der Waals surface area contributed by atoms with Gasteiger partial charge in [-0.25, -0.2) is 0 Å². The molecule has 0 aliphatic heterocycles. The number of carbonyl (C=O) groups is 1. The number of hydrogen-bond donors (Lipinski definition) is 1. The van der Waals surface area contributed by atoms with Crippen molar-refractivity contribution in [1.29, 1.82) is 0 Å². The van der Waals surface area contributed by atoms with E-state index in [0.717, 1.165) is 16.7 Å². The number of ether oxygens (including phenoxy) is 1. The van der Waals surface area contributed by atoms with E-state index in [1.54, 1.807) is 0 Å². The Labute approximate surface area is 89.7 Å². The molecule has 0 saturated carbocycles. The van der Waals surface area contributed by atoms with E-state index in [1.807, 2.05) is 32.9 Å². The van der Waals surface area contributed by atoms with Crippen LogP contribution in [0.4, 0.5) is 0 Å². The Bertz CT molecular complexity index is 369. The fraction of sp³-hybridized carbons (Fsp3) is 0.417. The molecule has 0 aromatic heterocycles. The zero-order valence-electron chi connectivity index (χ0n) is 9.33. The third kappa shape index (κ3) is 2.98. The molecule has 0 fully saturated rings. The monoisotopic (exact) mass is 208 g/mol. The van der Waals surface area contributed by atoms with E-state index in [9.17, 15) is 4.79 Å². The van der Waals surface area contributed by atoms with Crippen molar-refractivity contribution in [2.45, 2.75) is 27.2 Å². The van der Waals surface area contributed by atoms with Crippen LogP contribution in [0.1, 0.15) is 23.6 Å². The van der Waals surface area contributed by atoms with Gasteiger partial charge in [0.05, 0.1) is 13.0 Å². The van der Waals surface area contributed by atoms with Crippen LogP contribution < -0.4 is 4.74 Å². The molecule has 0 amide bonds. The number of carboxylic acids is 1. The molecule has 82 valence electrons. The molecule has 0 atom stereocenters. The topological polar surface area (TPSA) is 46.5 Å². The minimum Gasteiger partial charge on any atom is -0.494 e. The molecule has 3 heteroatoms. The molecule has 0 radical (unpaired) electrons. The average Bonchev–Trinajstić information content (AvgIpc) is 2.13. The quantitative estimate of drug-likeness (QED) is 0.826. The molecule has 15 heavy (non-hydrogen) atoms. The Morgan fingerprint density at radius 3 is 2.47 bits per heavy atom. The third-order valence-corrected chi connectivity index (χ3v) is 2.32. The Kier molecular flexibility index (Phi) is 3.72. The number of benzene rings is 1. The standard InChI is InChI=1S/C12H16O3/c1-4-15-11-6-9(3)8(2)5-10(11)7-12(13)14/h5-6H,4,7H2,1-3H3,(H,13,14). The SMILES string of the molecule is CCOc1cc(C)c(C)cc1CC(=O)O. The largest absolute Gasteiger partial charge is 0.494 e. The van der Waals surface area contributed by atoms with Crippen LogP contribution >= 0.6 is 0 Å². The van der Waals surface area contributed by atoms with Gasteiger partial charge in [-0.2, -0.15) is 0 Å². The van der Waals surface area contributed by atoms with E-state index in [1.165, 1.54) is 0 Å². The molecule has 0 heterocycles. The smallest absolute Gasteiger partial charge is 0.307 e. The second-order valence-electron chi connectivity index (χ2n) is 3.55. The van der Waals surface area contributed by atoms with Crippen molar-refractivity contribution in [1.82, 2.24) is 0 Å². The lowest BCUT2D eigenvalue weighted by Gasteiger charge is -2.11. The highest BCUT2D eigenvalue weighted by Gasteiger charge is 2.09. The zero-order valence-corrected chi connectivity index (χ0v) is 9.33. The number of aliphatic carboxylic acids is 1. The van der Waals surface area contributed by atoms with Crippen LogP contribution in [-0.4, -0.2) is 17.7 Å². The van der Waals surface area contributed by atoms with Crippen molar-refractivity contribution in [2.75, 3.05) is 6.61 Å². The van der Waals surface area contributed by atoms with Crippen LogP contribution in [0.3, 0.4) is 0 Å². The highest BCUT2D eigenvalue weighted by molar-refractivity contribution is 5.71. The van der Waals surface area contributed by atoms with Crippen molar-refractivity contribution >= 4 is 5.97 Å². The summed E-state index contributed by atoms with van der Waals surface area (Å²) in [5.74, 6) is -0.151. The minimum atomic E-state index is -0.834. The summed E-state index contributed by atoms with van der Waals surface area (Å²) in [6.07, 6.45) is 0.0104. The average molecular weight is 208 g/mol. The van der Waals surface area contributed by atoms with Gasteiger partial charge in [-0.15, -0.1) is 0 Å². The van der Waals surface area contributed by atoms with Gasteiger partial charge in [-0.1, -0.05) is 6.07 Å². The van der Waals surface area contributed by atoms with E-state index < -0.39 is 5.97 Å². The molecule has 1 rings (SSSR count). The molecule has 0 saturated heterocycles. The molecule has 1 aromatic carbocycles. The maximum Gasteiger partial charge on any atom is 0.307 e. The van der Waals surface area contributed by atoms with E-state index in [2.05, 4.69) is 0 Å². The number of rotatable bonds is 4. The lowest BCUT2D eigenvalue weighted by Crippen LogP contribution is -2.05. The maximum atomic E-state index is 10.7. The summed E-state index contributed by atoms with van der Waals surface area (Å²) in [5, 5.41) is 8.76. The first-order valence-electron chi connectivity index (χ1n) is 4.99. The highest BCUT2D eigenvalue weighted by Crippen LogP contribution is 2.23. The van der Waals surface area contributed by atoms with Crippen LogP contribution in [-0.2, 0) is 11.2 Å². The summed E-state index contributed by atoms with van der Waals surface area (Å²) in [4.78, 5) is 10.7. The zero-order chi connectivity index (χ0) is 11.4. The molecule has 0 aliphatic carbocycles. The van der Waals surface area contributed by atoms with Crippen molar-refractivity contribution < 1.29 is 14.6 Å². The number of aryl methyl sites for hydroxylation is 2. The number of hydrogen-bond acceptors (Lipinski definition) is 2. The molecule has 0 unspecified atom stereocenters. The fourth-order valence-electron chi connectivity index (χ4n) is 1.44. The summed E-state index contributed by atoms with van der Waals surface area (Å²) >= 11 is 0. The first kappa shape index (κ1) is 11.6. The van der Waals surface area contributed by atoms with Crippen LogP contribution in [0.5, 0.6) is 5.75 Å². The van der Waals surface area contributed by atoms with Gasteiger partial charge in [0.25, 0.3) is 0 Å². The van der Waals surface area contributed by atoms with Crippen molar-refractivity contribution in [2.24, 2.45) is 0 Å². The second kappa shape index (κ2) is 4.82. The third-order valence-electron chi connectivity index (χ3n) is 2.32. The maximum absolute atomic E-state index is 10.7. The van der Waals surface area contributed by atoms with Gasteiger partial charge in [0.15, 0.2) is 0 Å². The van der Waals surface area contributed by atoms with E-state index >= 15 is 0 Å². The van der Waals surface area contributed by atoms with Gasteiger partial charge in [0, 0.05) is 5.56 Å². The summed E-state index contributed by atoms with van der Waals surface area (Å²) in [6.45, 7) is 6.40. The number of carboxylic acid groups (broad SMARTS) is 1. The summed E-state index contributed by atoms with van der Waals surface area (Å²) < 4.78 is 5.41. The van der Waals surface area contributed by atoms with Crippen molar-refractivity contribution in [3.63, 3.8) is 0 Å². The van der Waals surface area contributed by atoms with Gasteiger partial charge < -0.3 is 9.84 Å². The van der Waals surface area contributed by atoms with Crippen LogP contribution in [0.25, 0.3) is 0 Å². The molecule has 0 bridgehead atoms. The Morgan fingerprint density at radius 2 is 1.93 bits per heavy atom. The highest BCUT2D eigenvalue weighted by atomic mass is 16.5. The Balaban J connectivity index is 3.09. The first-order chi connectivity index (χ1) is 7.04. The summed E-state index contributed by atoms with van der Waals surface area (Å²) in [6, 6.07) is 3.78. The van der Waals surface area contributed by atoms with Crippen LogP contribution in [0.2, 0.25) is 0 Å². The summed E-state index contributed by atoms with van der Waals surface area (Å²) in [7, 11) is 0. The van der Waals surface area contributed by atoms with Crippen molar-refractivity contribution in [3.8, 4) is 5.75 Å². The van der Waals surface area contributed by atoms with Gasteiger partial charge in [-0.05, 0) is 38.0 Å². The predicted molar refractivity (Wildman–Crippen MR) is 58.4 cm³/mol. The van der Waals surface area contributed by atoms with Crippen LogP contribution in [0, 0.1) is 13.8 Å². The molecule has 1 N–H and O–H groups in total. The van der Waals surface area contributed by atoms with Gasteiger partial charge >= 0.3 is 5.97 Å². The van der Waals surface area contributed by atoms with E-state index in [-0.39, 0.29) is 6.42 Å². The Morgan fingerprint density at radius 1 is 1.33 bits per heavy atom. The molecule has 0 spiro atoms. The Hall–Kier alpha value is -1.51. The van der Waals surface area contributed by atoms with Gasteiger partial charge in [-0.3, -0.25) is 4.79 Å². The molecular formula is C12H16O3. The van der Waals surface area contributed by atoms with E-state index in [4.69, 9.17) is 9.84 Å².